The fourth-order valence-electron chi connectivity index (χ4n) is 7.22. The molecule has 0 saturated heterocycles. The maximum Gasteiger partial charge on any atom is 0.333 e. The van der Waals surface area contributed by atoms with E-state index in [0.29, 0.717) is 46.6 Å². The van der Waals surface area contributed by atoms with Crippen molar-refractivity contribution in [1.82, 2.24) is 0 Å². The van der Waals surface area contributed by atoms with Crippen molar-refractivity contribution < 1.29 is 33.5 Å². The molecular weight excluding hydrogens is 725 g/mol. The number of hydrogen-bond donors (Lipinski definition) is 1. The van der Waals surface area contributed by atoms with Crippen LogP contribution in [0.4, 0.5) is 17.1 Å². The minimum absolute atomic E-state index is 0.00247. The molecule has 0 aromatic heterocycles. The average molecular weight is 782 g/mol. The third-order valence-corrected chi connectivity index (χ3v) is 10.4. The average Bonchev–Trinajstić information content (AvgIpc) is 3.19. The molecule has 8 heteroatoms. The van der Waals surface area contributed by atoms with Gasteiger partial charge in [0.25, 0.3) is 0 Å². The first kappa shape index (κ1) is 43.1. The molecule has 8 nitrogen and oxygen atoms in total. The number of anilines is 2. The molecule has 3 aromatic carbocycles. The number of aliphatic hydroxyl groups excluding tert-OH is 1. The first-order valence-electron chi connectivity index (χ1n) is 20.2. The first-order valence-corrected chi connectivity index (χ1v) is 20.2. The number of esters is 2. The third kappa shape index (κ3) is 10.7. The van der Waals surface area contributed by atoms with Gasteiger partial charge >= 0.3 is 11.9 Å². The van der Waals surface area contributed by atoms with E-state index in [1.807, 2.05) is 48.6 Å². The summed E-state index contributed by atoms with van der Waals surface area (Å²) in [4.78, 5) is 39.4. The van der Waals surface area contributed by atoms with Crippen molar-refractivity contribution in [2.75, 3.05) is 31.2 Å². The molecule has 5 rings (SSSR count). The number of ether oxygens (including phenoxy) is 2. The monoisotopic (exact) mass is 781 g/mol. The van der Waals surface area contributed by atoms with Gasteiger partial charge in [-0.05, 0) is 127 Å². The number of nitrogens with zero attached hydrogens (tertiary/aromatic N) is 2. The number of carbonyl (C=O) groups excluding carboxylic acids is 3. The van der Waals surface area contributed by atoms with Crippen LogP contribution in [0.25, 0.3) is 5.57 Å². The number of aryl methyl sites for hydroxylation is 4. The molecule has 2 aliphatic carbocycles. The number of allylic oxidation sites excluding steroid dienone is 7. The van der Waals surface area contributed by atoms with Crippen LogP contribution in [0.15, 0.2) is 126 Å². The molecule has 0 fully saturated rings. The SMILES string of the molecule is C=C(C)C(=O)OCCCCCN(c1ccc(C2=C(O)C(=C3C=CC(=[N+](CCCCCOC(=O)C(=C)C)c4ccc(C)cc4C)C=C3)C2=O)cc1)c1ccc(C)cc1C. The molecule has 58 heavy (non-hydrogen) atoms. The van der Waals surface area contributed by atoms with Crippen LogP contribution < -0.4 is 4.90 Å². The van der Waals surface area contributed by atoms with Crippen molar-refractivity contribution in [1.29, 1.82) is 0 Å². The number of rotatable bonds is 18. The van der Waals surface area contributed by atoms with Gasteiger partial charge in [-0.3, -0.25) is 4.79 Å². The smallest absolute Gasteiger partial charge is 0.333 e. The Kier molecular flexibility index (Phi) is 14.8. The molecule has 0 heterocycles. The van der Waals surface area contributed by atoms with E-state index in [-0.39, 0.29) is 23.5 Å². The molecule has 1 N–H and O–H groups in total. The topological polar surface area (TPSA) is 96.1 Å². The van der Waals surface area contributed by atoms with Gasteiger partial charge in [0.1, 0.15) is 12.3 Å². The largest absolute Gasteiger partial charge is 0.506 e. The predicted octanol–water partition coefficient (Wildman–Crippen LogP) is 10.7. The summed E-state index contributed by atoms with van der Waals surface area (Å²) in [5.74, 6) is -0.900. The molecule has 0 bridgehead atoms. The van der Waals surface area contributed by atoms with Crippen molar-refractivity contribution in [3.05, 3.63) is 154 Å². The standard InChI is InChI=1S/C50H56N2O6/c1-33(2)49(55)57-29-13-9-11-27-51(43-25-15-35(5)31-37(43)7)41-21-17-39(18-22-41)45-47(53)46(48(45)54)40-19-23-42(24-20-40)52(44-26-16-36(6)32-38(44)8)28-12-10-14-30-58-50(56)34(3)4/h15-26,31-32H,1,3,9-14,27-30H2,2,4-8H3/p+1. The summed E-state index contributed by atoms with van der Waals surface area (Å²) < 4.78 is 12.8. The minimum atomic E-state index is -0.359. The summed E-state index contributed by atoms with van der Waals surface area (Å²) in [5.41, 5.74) is 11.6. The fraction of sp³-hybridized carbons (Fsp3) is 0.320. The molecule has 0 radical (unpaired) electrons. The van der Waals surface area contributed by atoms with Gasteiger partial charge in [0.15, 0.2) is 0 Å². The van der Waals surface area contributed by atoms with Crippen LogP contribution in [-0.4, -0.2) is 59.4 Å². The van der Waals surface area contributed by atoms with Crippen LogP contribution in [0, 0.1) is 27.7 Å². The van der Waals surface area contributed by atoms with Gasteiger partial charge in [0.05, 0.1) is 24.4 Å². The minimum Gasteiger partial charge on any atom is -0.506 e. The number of hydrogen-bond acceptors (Lipinski definition) is 7. The van der Waals surface area contributed by atoms with Gasteiger partial charge in [-0.1, -0.05) is 54.6 Å². The van der Waals surface area contributed by atoms with Crippen LogP contribution >= 0.6 is 0 Å². The van der Waals surface area contributed by atoms with Crippen LogP contribution in [0.1, 0.15) is 80.2 Å². The predicted molar refractivity (Wildman–Crippen MR) is 234 cm³/mol. The zero-order chi connectivity index (χ0) is 41.9. The normalized spacial score (nSPS) is 13.4. The molecule has 3 aromatic rings. The molecule has 0 unspecified atom stereocenters. The van der Waals surface area contributed by atoms with Crippen molar-refractivity contribution >= 4 is 46.1 Å². The summed E-state index contributed by atoms with van der Waals surface area (Å²) in [6.45, 7) is 21.2. The Bertz CT molecular complexity index is 2230. The van der Waals surface area contributed by atoms with E-state index in [1.54, 1.807) is 13.8 Å². The van der Waals surface area contributed by atoms with Crippen LogP contribution in [0.5, 0.6) is 0 Å². The van der Waals surface area contributed by atoms with E-state index < -0.39 is 0 Å². The molecule has 302 valence electrons. The van der Waals surface area contributed by atoms with Crippen molar-refractivity contribution in [3.8, 4) is 0 Å². The highest BCUT2D eigenvalue weighted by Gasteiger charge is 2.37. The van der Waals surface area contributed by atoms with Crippen LogP contribution in [0.3, 0.4) is 0 Å². The summed E-state index contributed by atoms with van der Waals surface area (Å²) in [6.07, 6.45) is 12.9. The number of unbranched alkanes of at least 4 members (excludes halogenated alkanes) is 4. The summed E-state index contributed by atoms with van der Waals surface area (Å²) in [6, 6.07) is 20.6. The van der Waals surface area contributed by atoms with E-state index >= 15 is 0 Å². The number of Topliss-reactive ketones (excluding diaryl/α,β-unsaturated/α-hetero) is 1. The Balaban J connectivity index is 1.31. The van der Waals surface area contributed by atoms with Gasteiger partial charge in [0.2, 0.25) is 17.2 Å². The Morgan fingerprint density at radius 2 is 1.26 bits per heavy atom. The second-order valence-electron chi connectivity index (χ2n) is 15.4. The van der Waals surface area contributed by atoms with Gasteiger partial charge in [-0.25, -0.2) is 9.59 Å². The lowest BCUT2D eigenvalue weighted by molar-refractivity contribution is -0.440. The Morgan fingerprint density at radius 3 is 1.81 bits per heavy atom. The van der Waals surface area contributed by atoms with Gasteiger partial charge in [0, 0.05) is 59.3 Å². The zero-order valence-electron chi connectivity index (χ0n) is 35.0. The van der Waals surface area contributed by atoms with E-state index in [2.05, 4.69) is 86.7 Å². The number of ketones is 1. The quantitative estimate of drug-likeness (QED) is 0.0594. The lowest BCUT2D eigenvalue weighted by Crippen LogP contribution is -2.24. The van der Waals surface area contributed by atoms with E-state index in [9.17, 15) is 19.5 Å². The molecular formula is C50H57N2O6+. The maximum absolute atomic E-state index is 13.7. The van der Waals surface area contributed by atoms with Gasteiger partial charge < -0.3 is 19.5 Å². The molecule has 0 atom stereocenters. The molecule has 0 aliphatic heterocycles. The number of carbonyl (C=O) groups is 3. The van der Waals surface area contributed by atoms with E-state index in [1.165, 1.54) is 11.1 Å². The molecule has 0 saturated carbocycles. The molecule has 2 aliphatic rings. The van der Waals surface area contributed by atoms with Crippen molar-refractivity contribution in [3.63, 3.8) is 0 Å². The zero-order valence-corrected chi connectivity index (χ0v) is 35.0. The van der Waals surface area contributed by atoms with Crippen LogP contribution in [0.2, 0.25) is 0 Å². The molecule has 0 amide bonds. The number of aliphatic hydroxyl groups is 1. The highest BCUT2D eigenvalue weighted by atomic mass is 16.5. The lowest BCUT2D eigenvalue weighted by Gasteiger charge is -2.28. The summed E-state index contributed by atoms with van der Waals surface area (Å²) >= 11 is 0. The van der Waals surface area contributed by atoms with E-state index in [0.717, 1.165) is 85.5 Å². The lowest BCUT2D eigenvalue weighted by atomic mass is 9.80. The number of benzene rings is 3. The highest BCUT2D eigenvalue weighted by Crippen LogP contribution is 2.40. The Morgan fingerprint density at radius 1 is 0.690 bits per heavy atom. The summed E-state index contributed by atoms with van der Waals surface area (Å²) in [7, 11) is 0. The van der Waals surface area contributed by atoms with Gasteiger partial charge in [-0.2, -0.15) is 4.58 Å². The summed E-state index contributed by atoms with van der Waals surface area (Å²) in [5, 5.41) is 11.3. The second kappa shape index (κ2) is 19.9. The fourth-order valence-corrected chi connectivity index (χ4v) is 7.22. The maximum atomic E-state index is 13.7. The van der Waals surface area contributed by atoms with Crippen molar-refractivity contribution in [2.24, 2.45) is 0 Å². The molecule has 0 spiro atoms. The Labute approximate surface area is 343 Å². The van der Waals surface area contributed by atoms with Crippen LogP contribution in [-0.2, 0) is 23.9 Å². The van der Waals surface area contributed by atoms with Gasteiger partial charge in [-0.15, -0.1) is 0 Å². The van der Waals surface area contributed by atoms with Crippen molar-refractivity contribution in [2.45, 2.75) is 80.1 Å². The Hall–Kier alpha value is -6.02. The first-order chi connectivity index (χ1) is 27.8. The highest BCUT2D eigenvalue weighted by molar-refractivity contribution is 6.39. The van der Waals surface area contributed by atoms with E-state index in [4.69, 9.17) is 9.47 Å². The second-order valence-corrected chi connectivity index (χ2v) is 15.4. The third-order valence-electron chi connectivity index (χ3n) is 10.4.